The Morgan fingerprint density at radius 1 is 0.275 bits per heavy atom. The maximum atomic E-state index is 5.78. The number of rotatable bonds is 11. The van der Waals surface area contributed by atoms with Gasteiger partial charge in [-0.05, 0) is 131 Å². The SMILES string of the molecule is CC(C)(C)OCCCOC(C)(C)C.CC(C)(C)OCCOC(C)(C)C.CC(C)(COC(C)(C)C)COC(C)(C)C. The van der Waals surface area contributed by atoms with Crippen molar-refractivity contribution in [3.63, 3.8) is 0 Å². The van der Waals surface area contributed by atoms with Crippen LogP contribution >= 0.6 is 0 Å². The van der Waals surface area contributed by atoms with Gasteiger partial charge in [0, 0.05) is 18.6 Å². The smallest absolute Gasteiger partial charge is 0.0707 e. The van der Waals surface area contributed by atoms with Gasteiger partial charge in [0.1, 0.15) is 0 Å². The van der Waals surface area contributed by atoms with E-state index in [0.29, 0.717) is 13.2 Å². The molecule has 0 rings (SSSR count). The Kier molecular flexibility index (Phi) is 20.4. The molecule has 0 aliphatic heterocycles. The van der Waals surface area contributed by atoms with Crippen LogP contribution in [0.5, 0.6) is 0 Å². The van der Waals surface area contributed by atoms with Gasteiger partial charge in [-0.25, -0.2) is 0 Å². The van der Waals surface area contributed by atoms with Gasteiger partial charge in [0.15, 0.2) is 0 Å². The largest absolute Gasteiger partial charge is 0.376 e. The predicted octanol–water partition coefficient (Wildman–Crippen LogP) is 9.27. The molecule has 6 heteroatoms. The summed E-state index contributed by atoms with van der Waals surface area (Å²) >= 11 is 0. The molecule has 0 aromatic carbocycles. The van der Waals surface area contributed by atoms with Gasteiger partial charge in [0.2, 0.25) is 0 Å². The number of hydrogen-bond acceptors (Lipinski definition) is 6. The fourth-order valence-corrected chi connectivity index (χ4v) is 2.38. The third-order valence-corrected chi connectivity index (χ3v) is 4.30. The molecule has 0 atom stereocenters. The van der Waals surface area contributed by atoms with Crippen LogP contribution in [-0.2, 0) is 28.4 Å². The fraction of sp³-hybridized carbons (Fsp3) is 1.00. The first-order valence-electron chi connectivity index (χ1n) is 15.2. The summed E-state index contributed by atoms with van der Waals surface area (Å²) in [5, 5.41) is 0. The van der Waals surface area contributed by atoms with E-state index in [1.807, 2.05) is 41.5 Å². The van der Waals surface area contributed by atoms with Crippen molar-refractivity contribution in [2.45, 2.75) is 179 Å². The van der Waals surface area contributed by atoms with Crippen LogP contribution in [-0.4, -0.2) is 73.2 Å². The zero-order valence-corrected chi connectivity index (χ0v) is 30.9. The van der Waals surface area contributed by atoms with Crippen molar-refractivity contribution in [2.75, 3.05) is 39.6 Å². The molecule has 0 aromatic rings. The highest BCUT2D eigenvalue weighted by atomic mass is 16.5. The van der Waals surface area contributed by atoms with Crippen molar-refractivity contribution in [1.82, 2.24) is 0 Å². The van der Waals surface area contributed by atoms with Crippen molar-refractivity contribution < 1.29 is 28.4 Å². The van der Waals surface area contributed by atoms with Crippen molar-refractivity contribution in [2.24, 2.45) is 5.41 Å². The molecule has 0 heterocycles. The molecule has 0 amide bonds. The molecule has 0 fully saturated rings. The third-order valence-electron chi connectivity index (χ3n) is 4.30. The van der Waals surface area contributed by atoms with Crippen LogP contribution in [0.15, 0.2) is 0 Å². The van der Waals surface area contributed by atoms with E-state index in [1.54, 1.807) is 0 Å². The van der Waals surface area contributed by atoms with E-state index < -0.39 is 0 Å². The lowest BCUT2D eigenvalue weighted by Crippen LogP contribution is -2.34. The lowest BCUT2D eigenvalue weighted by Gasteiger charge is -2.32. The molecule has 246 valence electrons. The molecular weight excluding hydrogens is 504 g/mol. The van der Waals surface area contributed by atoms with E-state index >= 15 is 0 Å². The monoisotopic (exact) mass is 579 g/mol. The maximum Gasteiger partial charge on any atom is 0.0707 e. The summed E-state index contributed by atoms with van der Waals surface area (Å²) in [6.45, 7) is 45.8. The van der Waals surface area contributed by atoms with Gasteiger partial charge < -0.3 is 28.4 Å². The maximum absolute atomic E-state index is 5.78. The zero-order chi connectivity index (χ0) is 32.7. The van der Waals surface area contributed by atoms with Gasteiger partial charge in [-0.1, -0.05) is 13.8 Å². The first-order chi connectivity index (χ1) is 17.3. The highest BCUT2D eigenvalue weighted by Gasteiger charge is 2.25. The van der Waals surface area contributed by atoms with Crippen LogP contribution in [0.1, 0.15) is 145 Å². The minimum Gasteiger partial charge on any atom is -0.376 e. The Morgan fingerprint density at radius 2 is 0.475 bits per heavy atom. The fourth-order valence-electron chi connectivity index (χ4n) is 2.38. The van der Waals surface area contributed by atoms with Gasteiger partial charge in [-0.3, -0.25) is 0 Å². The molecule has 0 aliphatic rings. The van der Waals surface area contributed by atoms with Crippen LogP contribution in [0.2, 0.25) is 0 Å². The topological polar surface area (TPSA) is 55.4 Å². The van der Waals surface area contributed by atoms with Gasteiger partial charge >= 0.3 is 0 Å². The Hall–Kier alpha value is -0.240. The average molecular weight is 579 g/mol. The molecule has 0 radical (unpaired) electrons. The van der Waals surface area contributed by atoms with Crippen LogP contribution in [0.3, 0.4) is 0 Å². The van der Waals surface area contributed by atoms with Crippen molar-refractivity contribution in [3.8, 4) is 0 Å². The second kappa shape index (κ2) is 18.4. The lowest BCUT2D eigenvalue weighted by atomic mass is 9.95. The summed E-state index contributed by atoms with van der Waals surface area (Å²) in [6.07, 6.45) is 0.967. The molecular formula is C34H74O6. The van der Waals surface area contributed by atoms with Crippen molar-refractivity contribution >= 4 is 0 Å². The van der Waals surface area contributed by atoms with Gasteiger partial charge in [-0.2, -0.15) is 0 Å². The molecule has 0 saturated heterocycles. The molecule has 40 heavy (non-hydrogen) atoms. The summed E-state index contributed by atoms with van der Waals surface area (Å²) in [6, 6.07) is 0. The molecule has 0 saturated carbocycles. The van der Waals surface area contributed by atoms with E-state index in [0.717, 1.165) is 32.8 Å². The number of ether oxygens (including phenoxy) is 6. The van der Waals surface area contributed by atoms with E-state index in [-0.39, 0.29) is 39.0 Å². The summed E-state index contributed by atoms with van der Waals surface area (Å²) in [7, 11) is 0. The van der Waals surface area contributed by atoms with Gasteiger partial charge in [0.25, 0.3) is 0 Å². The minimum atomic E-state index is -0.0704. The highest BCUT2D eigenvalue weighted by molar-refractivity contribution is 4.72. The van der Waals surface area contributed by atoms with E-state index in [2.05, 4.69) is 96.9 Å². The molecule has 0 unspecified atom stereocenters. The lowest BCUT2D eigenvalue weighted by molar-refractivity contribution is -0.0951. The Balaban J connectivity index is -0.000000517. The molecule has 0 N–H and O–H groups in total. The standard InChI is InChI=1S/C13H28O2.C11H24O2.C10H22O2/c1-11(2,3)14-9-13(7,8)10-15-12(4,5)6;1-10(2,3)12-8-7-9-13-11(4,5)6;1-9(2,3)11-7-8-12-10(4,5)6/h9-10H2,1-8H3;7-9H2,1-6H3;7-8H2,1-6H3. The summed E-state index contributed by atoms with van der Waals surface area (Å²) < 4.78 is 33.7. The molecule has 0 bridgehead atoms. The van der Waals surface area contributed by atoms with Crippen LogP contribution in [0.4, 0.5) is 0 Å². The predicted molar refractivity (Wildman–Crippen MR) is 173 cm³/mol. The average Bonchev–Trinajstić information content (AvgIpc) is 2.65. The quantitative estimate of drug-likeness (QED) is 0.228. The zero-order valence-electron chi connectivity index (χ0n) is 30.9. The van der Waals surface area contributed by atoms with Crippen molar-refractivity contribution in [3.05, 3.63) is 0 Å². The summed E-state index contributed by atoms with van der Waals surface area (Å²) in [5.41, 5.74) is -0.232. The first kappa shape index (κ1) is 44.2. The molecule has 0 aromatic heterocycles. The molecule has 0 aliphatic carbocycles. The van der Waals surface area contributed by atoms with E-state index in [4.69, 9.17) is 28.4 Å². The normalized spacial score (nSPS) is 13.8. The Morgan fingerprint density at radius 3 is 0.675 bits per heavy atom. The van der Waals surface area contributed by atoms with Crippen LogP contribution < -0.4 is 0 Å². The van der Waals surface area contributed by atoms with Gasteiger partial charge in [0.05, 0.1) is 60.0 Å². The van der Waals surface area contributed by atoms with Crippen LogP contribution in [0.25, 0.3) is 0 Å². The van der Waals surface area contributed by atoms with Crippen LogP contribution in [0, 0.1) is 5.41 Å². The van der Waals surface area contributed by atoms with Crippen molar-refractivity contribution in [1.29, 1.82) is 0 Å². The second-order valence-electron chi connectivity index (χ2n) is 17.2. The van der Waals surface area contributed by atoms with E-state index in [9.17, 15) is 0 Å². The Labute approximate surface area is 251 Å². The van der Waals surface area contributed by atoms with E-state index in [1.165, 1.54) is 0 Å². The summed E-state index contributed by atoms with van der Waals surface area (Å²) in [5.74, 6) is 0. The Bertz CT molecular complexity index is 547. The summed E-state index contributed by atoms with van der Waals surface area (Å²) in [4.78, 5) is 0. The number of hydrogen-bond donors (Lipinski definition) is 0. The molecule has 6 nitrogen and oxygen atoms in total. The second-order valence-corrected chi connectivity index (χ2v) is 17.2. The minimum absolute atomic E-state index is 0.0261. The van der Waals surface area contributed by atoms with Gasteiger partial charge in [-0.15, -0.1) is 0 Å². The highest BCUT2D eigenvalue weighted by Crippen LogP contribution is 2.22. The molecule has 0 spiro atoms. The third kappa shape index (κ3) is 47.5. The first-order valence-corrected chi connectivity index (χ1v) is 15.2.